The molecule has 0 saturated heterocycles. The van der Waals surface area contributed by atoms with E-state index in [-0.39, 0.29) is 5.91 Å². The Labute approximate surface area is 153 Å². The van der Waals surface area contributed by atoms with Crippen LogP contribution in [-0.4, -0.2) is 17.4 Å². The number of benzene rings is 2. The number of hydrogen-bond donors (Lipinski definition) is 1. The molecule has 0 atom stereocenters. The first kappa shape index (κ1) is 17.4. The minimum Gasteiger partial charge on any atom is -0.457 e. The van der Waals surface area contributed by atoms with Gasteiger partial charge < -0.3 is 10.1 Å². The van der Waals surface area contributed by atoms with Crippen molar-refractivity contribution in [1.82, 2.24) is 10.3 Å². The lowest BCUT2D eigenvalue weighted by molar-refractivity contribution is -0.116. The van der Waals surface area contributed by atoms with E-state index in [4.69, 9.17) is 4.74 Å². The van der Waals surface area contributed by atoms with Gasteiger partial charge in [-0.2, -0.15) is 0 Å². The Balaban J connectivity index is 1.51. The van der Waals surface area contributed by atoms with Crippen LogP contribution in [0.3, 0.4) is 0 Å². The highest BCUT2D eigenvalue weighted by molar-refractivity contribution is 5.91. The zero-order valence-corrected chi connectivity index (χ0v) is 14.3. The molecule has 0 aliphatic rings. The summed E-state index contributed by atoms with van der Waals surface area (Å²) in [4.78, 5) is 16.2. The van der Waals surface area contributed by atoms with Crippen LogP contribution in [0.5, 0.6) is 11.5 Å². The molecule has 0 bridgehead atoms. The van der Waals surface area contributed by atoms with Crippen molar-refractivity contribution in [3.63, 3.8) is 0 Å². The number of rotatable bonds is 7. The quantitative estimate of drug-likeness (QED) is 0.652. The Hall–Kier alpha value is -3.40. The first-order valence-corrected chi connectivity index (χ1v) is 8.48. The number of ether oxygens (including phenoxy) is 1. The number of carbonyl (C=O) groups is 1. The average molecular weight is 344 g/mol. The molecule has 26 heavy (non-hydrogen) atoms. The van der Waals surface area contributed by atoms with Crippen LogP contribution in [-0.2, 0) is 11.2 Å². The molecule has 2 aromatic carbocycles. The van der Waals surface area contributed by atoms with Gasteiger partial charge in [0.15, 0.2) is 0 Å². The molecule has 3 aromatic rings. The predicted octanol–water partition coefficient (Wildman–Crippen LogP) is 4.25. The van der Waals surface area contributed by atoms with Crippen LogP contribution in [0.4, 0.5) is 0 Å². The Morgan fingerprint density at radius 2 is 1.77 bits per heavy atom. The smallest absolute Gasteiger partial charge is 0.244 e. The van der Waals surface area contributed by atoms with Crippen molar-refractivity contribution in [3.05, 3.63) is 96.3 Å². The fraction of sp³-hybridized carbons (Fsp3) is 0.0909. The van der Waals surface area contributed by atoms with Crippen molar-refractivity contribution in [1.29, 1.82) is 0 Å². The maximum Gasteiger partial charge on any atom is 0.244 e. The Bertz CT molecular complexity index is 862. The summed E-state index contributed by atoms with van der Waals surface area (Å²) >= 11 is 0. The largest absolute Gasteiger partial charge is 0.457 e. The van der Waals surface area contributed by atoms with Gasteiger partial charge in [0, 0.05) is 30.9 Å². The lowest BCUT2D eigenvalue weighted by Crippen LogP contribution is -2.23. The van der Waals surface area contributed by atoms with Crippen molar-refractivity contribution in [2.24, 2.45) is 0 Å². The second kappa shape index (κ2) is 9.18. The Kier molecular flexibility index (Phi) is 6.15. The lowest BCUT2D eigenvalue weighted by Gasteiger charge is -2.06. The van der Waals surface area contributed by atoms with E-state index in [1.165, 1.54) is 6.08 Å². The first-order valence-electron chi connectivity index (χ1n) is 8.48. The van der Waals surface area contributed by atoms with Crippen molar-refractivity contribution >= 4 is 12.0 Å². The summed E-state index contributed by atoms with van der Waals surface area (Å²) in [5.41, 5.74) is 1.86. The molecule has 0 saturated carbocycles. The lowest BCUT2D eigenvalue weighted by atomic mass is 10.2. The molecular formula is C22H20N2O2. The van der Waals surface area contributed by atoms with Gasteiger partial charge in [0.1, 0.15) is 11.5 Å². The van der Waals surface area contributed by atoms with E-state index in [9.17, 15) is 4.79 Å². The zero-order valence-electron chi connectivity index (χ0n) is 14.3. The molecule has 1 N–H and O–H groups in total. The molecule has 0 unspecified atom stereocenters. The van der Waals surface area contributed by atoms with Crippen LogP contribution in [0.1, 0.15) is 11.3 Å². The number of hydrogen-bond acceptors (Lipinski definition) is 3. The molecule has 0 fully saturated rings. The van der Waals surface area contributed by atoms with Gasteiger partial charge in [-0.3, -0.25) is 9.78 Å². The molecule has 1 amide bonds. The molecule has 0 aliphatic heterocycles. The highest BCUT2D eigenvalue weighted by atomic mass is 16.5. The van der Waals surface area contributed by atoms with Crippen molar-refractivity contribution in [3.8, 4) is 11.5 Å². The summed E-state index contributed by atoms with van der Waals surface area (Å²) in [6.07, 6.45) is 5.76. The maximum atomic E-state index is 11.9. The van der Waals surface area contributed by atoms with Crippen molar-refractivity contribution < 1.29 is 9.53 Å². The topological polar surface area (TPSA) is 51.2 Å². The number of nitrogens with one attached hydrogen (secondary N) is 1. The second-order valence-electron chi connectivity index (χ2n) is 5.68. The number of aromatic nitrogens is 1. The summed E-state index contributed by atoms with van der Waals surface area (Å²) < 4.78 is 5.80. The fourth-order valence-electron chi connectivity index (χ4n) is 2.40. The Morgan fingerprint density at radius 1 is 0.962 bits per heavy atom. The summed E-state index contributed by atoms with van der Waals surface area (Å²) in [7, 11) is 0. The molecule has 1 heterocycles. The third-order valence-corrected chi connectivity index (χ3v) is 3.67. The van der Waals surface area contributed by atoms with Gasteiger partial charge in [-0.25, -0.2) is 0 Å². The zero-order chi connectivity index (χ0) is 18.0. The molecule has 4 heteroatoms. The summed E-state index contributed by atoms with van der Waals surface area (Å²) in [5.74, 6) is 1.38. The highest BCUT2D eigenvalue weighted by Gasteiger charge is 1.99. The summed E-state index contributed by atoms with van der Waals surface area (Å²) in [6.45, 7) is 0.553. The molecule has 0 aliphatic carbocycles. The molecule has 0 spiro atoms. The van der Waals surface area contributed by atoms with Crippen LogP contribution in [0.25, 0.3) is 6.08 Å². The number of amides is 1. The third kappa shape index (κ3) is 5.60. The van der Waals surface area contributed by atoms with Gasteiger partial charge in [0.25, 0.3) is 0 Å². The molecule has 130 valence electrons. The van der Waals surface area contributed by atoms with Gasteiger partial charge in [-0.15, -0.1) is 0 Å². The Morgan fingerprint density at radius 3 is 2.58 bits per heavy atom. The van der Waals surface area contributed by atoms with E-state index in [0.717, 1.165) is 22.8 Å². The summed E-state index contributed by atoms with van der Waals surface area (Å²) in [6, 6.07) is 23.0. The van der Waals surface area contributed by atoms with Gasteiger partial charge in [0.05, 0.1) is 0 Å². The minimum atomic E-state index is -0.129. The van der Waals surface area contributed by atoms with E-state index in [1.54, 1.807) is 12.3 Å². The van der Waals surface area contributed by atoms with Gasteiger partial charge in [-0.1, -0.05) is 36.4 Å². The van der Waals surface area contributed by atoms with Crippen LogP contribution < -0.4 is 10.1 Å². The average Bonchev–Trinajstić information content (AvgIpc) is 2.68. The number of pyridine rings is 1. The van der Waals surface area contributed by atoms with Crippen LogP contribution in [0.15, 0.2) is 85.1 Å². The van der Waals surface area contributed by atoms with Crippen LogP contribution in [0, 0.1) is 0 Å². The van der Waals surface area contributed by atoms with E-state index < -0.39 is 0 Å². The van der Waals surface area contributed by atoms with Gasteiger partial charge in [0.2, 0.25) is 5.91 Å². The highest BCUT2D eigenvalue weighted by Crippen LogP contribution is 2.22. The third-order valence-electron chi connectivity index (χ3n) is 3.67. The number of carbonyl (C=O) groups excluding carboxylic acids is 1. The molecule has 1 aromatic heterocycles. The van der Waals surface area contributed by atoms with E-state index in [1.807, 2.05) is 72.8 Å². The molecule has 0 radical (unpaired) electrons. The SMILES string of the molecule is O=C(/C=C/c1cccc(Oc2ccccc2)c1)NCCc1ccccn1. The van der Waals surface area contributed by atoms with Crippen LogP contribution in [0.2, 0.25) is 0 Å². The molecule has 4 nitrogen and oxygen atoms in total. The summed E-state index contributed by atoms with van der Waals surface area (Å²) in [5, 5.41) is 2.86. The van der Waals surface area contributed by atoms with Crippen molar-refractivity contribution in [2.45, 2.75) is 6.42 Å². The molecular weight excluding hydrogens is 324 g/mol. The normalized spacial score (nSPS) is 10.6. The van der Waals surface area contributed by atoms with Crippen molar-refractivity contribution in [2.75, 3.05) is 6.54 Å². The first-order chi connectivity index (χ1) is 12.8. The van der Waals surface area contributed by atoms with E-state index in [2.05, 4.69) is 10.3 Å². The van der Waals surface area contributed by atoms with E-state index >= 15 is 0 Å². The monoisotopic (exact) mass is 344 g/mol. The van der Waals surface area contributed by atoms with E-state index in [0.29, 0.717) is 13.0 Å². The standard InChI is InChI=1S/C22H20N2O2/c25-22(24-16-14-19-8-4-5-15-23-19)13-12-18-7-6-11-21(17-18)26-20-9-2-1-3-10-20/h1-13,15,17H,14,16H2,(H,24,25)/b13-12+. The fourth-order valence-corrected chi connectivity index (χ4v) is 2.40. The maximum absolute atomic E-state index is 11.9. The van der Waals surface area contributed by atoms with Crippen LogP contribution >= 0.6 is 0 Å². The number of nitrogens with zero attached hydrogens (tertiary/aromatic N) is 1. The van der Waals surface area contributed by atoms with Gasteiger partial charge >= 0.3 is 0 Å². The van der Waals surface area contributed by atoms with Gasteiger partial charge in [-0.05, 0) is 48.0 Å². The second-order valence-corrected chi connectivity index (χ2v) is 5.68. The molecule has 3 rings (SSSR count). The minimum absolute atomic E-state index is 0.129. The number of para-hydroxylation sites is 1. The predicted molar refractivity (Wildman–Crippen MR) is 103 cm³/mol.